The highest BCUT2D eigenvalue weighted by Gasteiger charge is 2.19. The standard InChI is InChI=1S/C18H11N3O4/c22-17-20-15-12(4-2-5-13(15)24-17)21-16-11(10-7-8-19-9-10)3-1-6-14(16)25-18(21)23/h1-9,19H,(H,20,22). The van der Waals surface area contributed by atoms with E-state index in [9.17, 15) is 9.59 Å². The van der Waals surface area contributed by atoms with Crippen LogP contribution in [0, 0.1) is 0 Å². The minimum Gasteiger partial charge on any atom is -0.408 e. The number of nitrogens with one attached hydrogen (secondary N) is 2. The van der Waals surface area contributed by atoms with Gasteiger partial charge in [-0.05, 0) is 24.3 Å². The van der Waals surface area contributed by atoms with Gasteiger partial charge in [0.15, 0.2) is 11.2 Å². The Kier molecular flexibility index (Phi) is 2.67. The second kappa shape index (κ2) is 4.88. The number of hydrogen-bond donors (Lipinski definition) is 2. The third-order valence-corrected chi connectivity index (χ3v) is 4.19. The van der Waals surface area contributed by atoms with Gasteiger partial charge in [-0.1, -0.05) is 18.2 Å². The van der Waals surface area contributed by atoms with E-state index in [1.165, 1.54) is 4.57 Å². The summed E-state index contributed by atoms with van der Waals surface area (Å²) < 4.78 is 12.0. The lowest BCUT2D eigenvalue weighted by atomic mass is 10.1. The molecule has 25 heavy (non-hydrogen) atoms. The van der Waals surface area contributed by atoms with Crippen LogP contribution in [0.15, 0.2) is 73.3 Å². The fraction of sp³-hybridized carbons (Fsp3) is 0. The van der Waals surface area contributed by atoms with Crippen molar-refractivity contribution in [2.75, 3.05) is 0 Å². The zero-order valence-corrected chi connectivity index (χ0v) is 12.8. The maximum Gasteiger partial charge on any atom is 0.424 e. The van der Waals surface area contributed by atoms with Gasteiger partial charge in [0, 0.05) is 23.5 Å². The van der Waals surface area contributed by atoms with Crippen LogP contribution < -0.4 is 11.5 Å². The van der Waals surface area contributed by atoms with Crippen LogP contribution in [-0.2, 0) is 0 Å². The number of fused-ring (bicyclic) bond motifs is 2. The maximum absolute atomic E-state index is 12.6. The molecule has 0 atom stereocenters. The fourth-order valence-electron chi connectivity index (χ4n) is 3.15. The van der Waals surface area contributed by atoms with Crippen LogP contribution in [0.5, 0.6) is 0 Å². The topological polar surface area (TPSA) is 96.9 Å². The van der Waals surface area contributed by atoms with E-state index in [0.29, 0.717) is 27.9 Å². The number of H-pyrrole nitrogens is 2. The summed E-state index contributed by atoms with van der Waals surface area (Å²) in [6.07, 6.45) is 3.65. The quantitative estimate of drug-likeness (QED) is 0.519. The highest BCUT2D eigenvalue weighted by molar-refractivity contribution is 5.94. The van der Waals surface area contributed by atoms with Crippen molar-refractivity contribution in [2.45, 2.75) is 0 Å². The summed E-state index contributed by atoms with van der Waals surface area (Å²) >= 11 is 0. The van der Waals surface area contributed by atoms with E-state index in [1.54, 1.807) is 24.3 Å². The average molecular weight is 333 g/mol. The number of para-hydroxylation sites is 2. The summed E-state index contributed by atoms with van der Waals surface area (Å²) in [5.74, 6) is -1.11. The maximum atomic E-state index is 12.6. The van der Waals surface area contributed by atoms with E-state index >= 15 is 0 Å². The predicted molar refractivity (Wildman–Crippen MR) is 92.0 cm³/mol. The van der Waals surface area contributed by atoms with E-state index in [0.717, 1.165) is 11.1 Å². The number of aromatic amines is 2. The molecule has 0 amide bonds. The van der Waals surface area contributed by atoms with Gasteiger partial charge in [-0.2, -0.15) is 0 Å². The number of nitrogens with zero attached hydrogens (tertiary/aromatic N) is 1. The Morgan fingerprint density at radius 2 is 1.76 bits per heavy atom. The Labute approximate surface area is 139 Å². The molecule has 122 valence electrons. The highest BCUT2D eigenvalue weighted by Crippen LogP contribution is 2.31. The van der Waals surface area contributed by atoms with Crippen molar-refractivity contribution < 1.29 is 8.83 Å². The molecule has 0 bridgehead atoms. The molecule has 0 saturated carbocycles. The molecule has 2 N–H and O–H groups in total. The SMILES string of the molecule is O=c1[nH]c2c(-n3c(=O)oc4cccc(-c5cc[nH]c5)c43)cccc2o1. The molecule has 2 aromatic carbocycles. The molecule has 0 radical (unpaired) electrons. The average Bonchev–Trinajstić information content (AvgIpc) is 3.30. The van der Waals surface area contributed by atoms with Crippen molar-refractivity contribution in [1.82, 2.24) is 14.5 Å². The Hall–Kier alpha value is -3.74. The summed E-state index contributed by atoms with van der Waals surface area (Å²) in [5.41, 5.74) is 4.17. The van der Waals surface area contributed by atoms with Gasteiger partial charge < -0.3 is 13.8 Å². The normalized spacial score (nSPS) is 11.5. The van der Waals surface area contributed by atoms with Gasteiger partial charge in [-0.15, -0.1) is 0 Å². The molecule has 0 fully saturated rings. The van der Waals surface area contributed by atoms with Gasteiger partial charge >= 0.3 is 11.5 Å². The van der Waals surface area contributed by atoms with Gasteiger partial charge in [0.05, 0.1) is 5.69 Å². The van der Waals surface area contributed by atoms with Gasteiger partial charge in [0.2, 0.25) is 0 Å². The third-order valence-electron chi connectivity index (χ3n) is 4.19. The number of oxazole rings is 2. The van der Waals surface area contributed by atoms with E-state index < -0.39 is 11.5 Å². The molecule has 0 spiro atoms. The Balaban J connectivity index is 1.95. The minimum absolute atomic E-state index is 0.378. The molecule has 7 nitrogen and oxygen atoms in total. The van der Waals surface area contributed by atoms with Gasteiger partial charge in [-0.3, -0.25) is 4.98 Å². The van der Waals surface area contributed by atoms with E-state index in [2.05, 4.69) is 9.97 Å². The summed E-state index contributed by atoms with van der Waals surface area (Å²) in [5, 5.41) is 0. The minimum atomic E-state index is -0.575. The zero-order chi connectivity index (χ0) is 17.0. The number of rotatable bonds is 2. The lowest BCUT2D eigenvalue weighted by Gasteiger charge is -2.06. The first-order chi connectivity index (χ1) is 12.2. The van der Waals surface area contributed by atoms with Gasteiger partial charge in [0.25, 0.3) is 0 Å². The predicted octanol–water partition coefficient (Wildman–Crippen LogP) is 3.01. The first kappa shape index (κ1) is 13.7. The van der Waals surface area contributed by atoms with E-state index in [4.69, 9.17) is 8.83 Å². The first-order valence-corrected chi connectivity index (χ1v) is 7.62. The van der Waals surface area contributed by atoms with Crippen LogP contribution in [0.4, 0.5) is 0 Å². The van der Waals surface area contributed by atoms with Crippen LogP contribution in [0.3, 0.4) is 0 Å². The molecule has 0 aliphatic heterocycles. The van der Waals surface area contributed by atoms with Gasteiger partial charge in [-0.25, -0.2) is 14.2 Å². The molecular weight excluding hydrogens is 322 g/mol. The first-order valence-electron chi connectivity index (χ1n) is 7.62. The summed E-state index contributed by atoms with van der Waals surface area (Å²) in [4.78, 5) is 29.8. The third kappa shape index (κ3) is 1.92. The highest BCUT2D eigenvalue weighted by atomic mass is 16.4. The molecule has 3 aromatic heterocycles. The van der Waals surface area contributed by atoms with E-state index in [1.807, 2.05) is 30.6 Å². The van der Waals surface area contributed by atoms with Crippen molar-refractivity contribution in [3.05, 3.63) is 76.0 Å². The van der Waals surface area contributed by atoms with Crippen LogP contribution in [-0.4, -0.2) is 14.5 Å². The number of aromatic nitrogens is 3. The zero-order valence-electron chi connectivity index (χ0n) is 12.8. The molecule has 5 aromatic rings. The van der Waals surface area contributed by atoms with Crippen LogP contribution in [0.1, 0.15) is 0 Å². The Morgan fingerprint density at radius 3 is 2.60 bits per heavy atom. The van der Waals surface area contributed by atoms with E-state index in [-0.39, 0.29) is 0 Å². The molecule has 0 aliphatic carbocycles. The van der Waals surface area contributed by atoms with Crippen molar-refractivity contribution in [3.8, 4) is 16.8 Å². The second-order valence-electron chi connectivity index (χ2n) is 5.62. The van der Waals surface area contributed by atoms with Crippen molar-refractivity contribution in [1.29, 1.82) is 0 Å². The van der Waals surface area contributed by atoms with Crippen molar-refractivity contribution >= 4 is 22.2 Å². The van der Waals surface area contributed by atoms with Gasteiger partial charge in [0.1, 0.15) is 11.0 Å². The largest absolute Gasteiger partial charge is 0.424 e. The summed E-state index contributed by atoms with van der Waals surface area (Å²) in [6.45, 7) is 0. The lowest BCUT2D eigenvalue weighted by molar-refractivity contribution is 0.541. The van der Waals surface area contributed by atoms with Crippen molar-refractivity contribution in [2.24, 2.45) is 0 Å². The smallest absolute Gasteiger partial charge is 0.408 e. The Morgan fingerprint density at radius 1 is 0.920 bits per heavy atom. The summed E-state index contributed by atoms with van der Waals surface area (Å²) in [6, 6.07) is 12.5. The van der Waals surface area contributed by atoms with Crippen molar-refractivity contribution in [3.63, 3.8) is 0 Å². The number of benzene rings is 2. The second-order valence-corrected chi connectivity index (χ2v) is 5.62. The van der Waals surface area contributed by atoms with Crippen LogP contribution in [0.25, 0.3) is 39.0 Å². The molecule has 7 heteroatoms. The summed E-state index contributed by atoms with van der Waals surface area (Å²) in [7, 11) is 0. The molecule has 0 unspecified atom stereocenters. The fourth-order valence-corrected chi connectivity index (χ4v) is 3.15. The van der Waals surface area contributed by atoms with Crippen LogP contribution >= 0.6 is 0 Å². The molecule has 5 rings (SSSR count). The number of hydrogen-bond acceptors (Lipinski definition) is 4. The lowest BCUT2D eigenvalue weighted by Crippen LogP contribution is -2.12. The molecule has 0 saturated heterocycles. The monoisotopic (exact) mass is 333 g/mol. The molecule has 0 aliphatic rings. The molecule has 3 heterocycles. The Bertz CT molecular complexity index is 1330. The molecular formula is C18H11N3O4. The van der Waals surface area contributed by atoms with Crippen LogP contribution in [0.2, 0.25) is 0 Å².